The molecule has 6 heteroatoms. The van der Waals surface area contributed by atoms with E-state index in [1.165, 1.54) is 18.2 Å². The van der Waals surface area contributed by atoms with Gasteiger partial charge in [0.1, 0.15) is 24.8 Å². The van der Waals surface area contributed by atoms with Gasteiger partial charge in [-0.15, -0.1) is 0 Å². The Kier molecular flexibility index (Phi) is 5.20. The average Bonchev–Trinajstić information content (AvgIpc) is 3.07. The number of fused-ring (bicyclic) bond motifs is 1. The summed E-state index contributed by atoms with van der Waals surface area (Å²) in [7, 11) is 0. The van der Waals surface area contributed by atoms with Crippen LogP contribution in [0.4, 0.5) is 8.78 Å². The Bertz CT molecular complexity index is 866. The molecule has 2 heterocycles. The minimum absolute atomic E-state index is 0.0466. The van der Waals surface area contributed by atoms with E-state index >= 15 is 0 Å². The fraction of sp³-hybridized carbons (Fsp3) is 0.409. The quantitative estimate of drug-likeness (QED) is 0.782. The van der Waals surface area contributed by atoms with Crippen LogP contribution in [0.5, 0.6) is 11.5 Å². The van der Waals surface area contributed by atoms with E-state index in [0.29, 0.717) is 36.7 Å². The van der Waals surface area contributed by atoms with Gasteiger partial charge in [0.15, 0.2) is 11.5 Å². The summed E-state index contributed by atoms with van der Waals surface area (Å²) < 4.78 is 39.0. The number of hydrogen-bond acceptors (Lipinski definition) is 3. The first-order valence-corrected chi connectivity index (χ1v) is 9.70. The summed E-state index contributed by atoms with van der Waals surface area (Å²) in [4.78, 5) is 15.0. The fourth-order valence-corrected chi connectivity index (χ4v) is 4.13. The summed E-state index contributed by atoms with van der Waals surface area (Å²) in [5.74, 6) is 0.0743. The highest BCUT2D eigenvalue weighted by molar-refractivity contribution is 5.95. The van der Waals surface area contributed by atoms with Gasteiger partial charge in [-0.3, -0.25) is 4.79 Å². The summed E-state index contributed by atoms with van der Waals surface area (Å²) in [5.41, 5.74) is 0.633. The zero-order chi connectivity index (χ0) is 19.7. The van der Waals surface area contributed by atoms with Crippen molar-refractivity contribution < 1.29 is 23.0 Å². The van der Waals surface area contributed by atoms with E-state index in [9.17, 15) is 13.6 Å². The molecule has 28 heavy (non-hydrogen) atoms. The average molecular weight is 387 g/mol. The predicted molar refractivity (Wildman–Crippen MR) is 101 cm³/mol. The molecule has 2 aromatic rings. The third-order valence-electron chi connectivity index (χ3n) is 5.60. The van der Waals surface area contributed by atoms with E-state index < -0.39 is 11.6 Å². The van der Waals surface area contributed by atoms with E-state index in [1.54, 1.807) is 18.2 Å². The largest absolute Gasteiger partial charge is 0.486 e. The van der Waals surface area contributed by atoms with Crippen molar-refractivity contribution >= 4 is 5.91 Å². The van der Waals surface area contributed by atoms with Gasteiger partial charge < -0.3 is 14.4 Å². The third-order valence-corrected chi connectivity index (χ3v) is 5.60. The minimum Gasteiger partial charge on any atom is -0.486 e. The van der Waals surface area contributed by atoms with Gasteiger partial charge in [0.25, 0.3) is 5.91 Å². The molecule has 4 rings (SSSR count). The number of carbonyl (C=O) groups is 1. The van der Waals surface area contributed by atoms with Crippen LogP contribution in [0.1, 0.15) is 42.1 Å². The van der Waals surface area contributed by atoms with Crippen LogP contribution in [-0.4, -0.2) is 36.1 Å². The molecule has 1 fully saturated rings. The number of rotatable bonds is 4. The van der Waals surface area contributed by atoms with Crippen molar-refractivity contribution in [3.63, 3.8) is 0 Å². The van der Waals surface area contributed by atoms with Crippen LogP contribution < -0.4 is 9.47 Å². The molecule has 0 radical (unpaired) electrons. The molecular formula is C22H23F2NO3. The molecule has 2 aromatic carbocycles. The lowest BCUT2D eigenvalue weighted by molar-refractivity contribution is 0.0671. The molecular weight excluding hydrogens is 364 g/mol. The van der Waals surface area contributed by atoms with Crippen molar-refractivity contribution in [3.05, 3.63) is 59.2 Å². The lowest BCUT2D eigenvalue weighted by atomic mass is 10.0. The van der Waals surface area contributed by atoms with Crippen molar-refractivity contribution in [1.29, 1.82) is 0 Å². The lowest BCUT2D eigenvalue weighted by Gasteiger charge is -2.29. The van der Waals surface area contributed by atoms with E-state index in [4.69, 9.17) is 9.47 Å². The molecule has 1 amide bonds. The summed E-state index contributed by atoms with van der Waals surface area (Å²) >= 11 is 0. The van der Waals surface area contributed by atoms with Crippen molar-refractivity contribution in [2.24, 2.45) is 0 Å². The van der Waals surface area contributed by atoms with Crippen LogP contribution in [0.25, 0.3) is 0 Å². The van der Waals surface area contributed by atoms with Gasteiger partial charge in [0.05, 0.1) is 0 Å². The SMILES string of the molecule is C[C@@H]1CC[C@H](CCc2c(F)cccc2F)N1C(=O)c1ccc2c(c1)OCCO2. The number of benzene rings is 2. The van der Waals surface area contributed by atoms with Crippen molar-refractivity contribution in [2.75, 3.05) is 13.2 Å². The Morgan fingerprint density at radius 1 is 1.07 bits per heavy atom. The molecule has 2 aliphatic rings. The Morgan fingerprint density at radius 2 is 1.79 bits per heavy atom. The number of carbonyl (C=O) groups excluding carboxylic acids is 1. The molecule has 0 spiro atoms. The molecule has 0 saturated carbocycles. The van der Waals surface area contributed by atoms with Crippen LogP contribution in [0.15, 0.2) is 36.4 Å². The van der Waals surface area contributed by atoms with Gasteiger partial charge in [0.2, 0.25) is 0 Å². The van der Waals surface area contributed by atoms with Crippen LogP contribution in [-0.2, 0) is 6.42 Å². The number of nitrogens with zero attached hydrogens (tertiary/aromatic N) is 1. The molecule has 0 N–H and O–H groups in total. The molecule has 0 aromatic heterocycles. The highest BCUT2D eigenvalue weighted by Crippen LogP contribution is 2.34. The number of amides is 1. The van der Waals surface area contributed by atoms with Gasteiger partial charge in [-0.05, 0) is 62.9 Å². The third kappa shape index (κ3) is 3.55. The molecule has 0 bridgehead atoms. The van der Waals surface area contributed by atoms with Gasteiger partial charge in [-0.2, -0.15) is 0 Å². The minimum atomic E-state index is -0.532. The zero-order valence-electron chi connectivity index (χ0n) is 15.8. The molecule has 2 atom stereocenters. The monoisotopic (exact) mass is 387 g/mol. The molecule has 1 saturated heterocycles. The first-order chi connectivity index (χ1) is 13.5. The van der Waals surface area contributed by atoms with Gasteiger partial charge in [-0.1, -0.05) is 6.07 Å². The first kappa shape index (κ1) is 18.7. The maximum atomic E-state index is 13.9. The maximum Gasteiger partial charge on any atom is 0.254 e. The molecule has 2 aliphatic heterocycles. The molecule has 0 unspecified atom stereocenters. The highest BCUT2D eigenvalue weighted by atomic mass is 19.1. The van der Waals surface area contributed by atoms with Crippen LogP contribution in [0.2, 0.25) is 0 Å². The summed E-state index contributed by atoms with van der Waals surface area (Å²) in [5, 5.41) is 0. The van der Waals surface area contributed by atoms with Crippen LogP contribution >= 0.6 is 0 Å². The predicted octanol–water partition coefficient (Wildman–Crippen LogP) is 4.36. The van der Waals surface area contributed by atoms with Gasteiger partial charge in [-0.25, -0.2) is 8.78 Å². The highest BCUT2D eigenvalue weighted by Gasteiger charge is 2.35. The van der Waals surface area contributed by atoms with Crippen molar-refractivity contribution in [1.82, 2.24) is 4.90 Å². The summed E-state index contributed by atoms with van der Waals surface area (Å²) in [6, 6.07) is 9.16. The van der Waals surface area contributed by atoms with Crippen LogP contribution in [0.3, 0.4) is 0 Å². The van der Waals surface area contributed by atoms with Crippen LogP contribution in [0, 0.1) is 11.6 Å². The zero-order valence-corrected chi connectivity index (χ0v) is 15.8. The molecule has 4 nitrogen and oxygen atoms in total. The van der Waals surface area contributed by atoms with E-state index in [1.807, 2.05) is 11.8 Å². The van der Waals surface area contributed by atoms with E-state index in [2.05, 4.69) is 0 Å². The standard InChI is InChI=1S/C22H23F2NO3/c1-14-5-7-16(8-9-17-18(23)3-2-4-19(17)24)25(14)22(26)15-6-10-20-21(13-15)28-12-11-27-20/h2-4,6,10,13-14,16H,5,7-9,11-12H2,1H3/t14-,16-/m1/s1. The fourth-order valence-electron chi connectivity index (χ4n) is 4.13. The summed E-state index contributed by atoms with van der Waals surface area (Å²) in [6.45, 7) is 2.97. The first-order valence-electron chi connectivity index (χ1n) is 9.70. The number of likely N-dealkylation sites (tertiary alicyclic amines) is 1. The second-order valence-electron chi connectivity index (χ2n) is 7.39. The Labute approximate surface area is 163 Å². The number of hydrogen-bond donors (Lipinski definition) is 0. The number of halogens is 2. The van der Waals surface area contributed by atoms with E-state index in [0.717, 1.165) is 12.8 Å². The van der Waals surface area contributed by atoms with Gasteiger partial charge >= 0.3 is 0 Å². The van der Waals surface area contributed by atoms with Crippen molar-refractivity contribution in [2.45, 2.75) is 44.7 Å². The molecule has 0 aliphatic carbocycles. The lowest BCUT2D eigenvalue weighted by Crippen LogP contribution is -2.40. The second-order valence-corrected chi connectivity index (χ2v) is 7.39. The second kappa shape index (κ2) is 7.78. The number of ether oxygens (including phenoxy) is 2. The van der Waals surface area contributed by atoms with E-state index in [-0.39, 0.29) is 30.0 Å². The topological polar surface area (TPSA) is 38.8 Å². The Hall–Kier alpha value is -2.63. The van der Waals surface area contributed by atoms with Crippen molar-refractivity contribution in [3.8, 4) is 11.5 Å². The summed E-state index contributed by atoms with van der Waals surface area (Å²) in [6.07, 6.45) is 2.49. The molecule has 148 valence electrons. The Morgan fingerprint density at radius 3 is 2.54 bits per heavy atom. The normalized spacial score (nSPS) is 21.0. The Balaban J connectivity index is 1.51. The maximum absolute atomic E-state index is 13.9. The van der Waals surface area contributed by atoms with Gasteiger partial charge in [0, 0.05) is 23.2 Å². The smallest absolute Gasteiger partial charge is 0.254 e.